The van der Waals surface area contributed by atoms with Gasteiger partial charge in [-0.2, -0.15) is 5.10 Å². The fraction of sp³-hybridized carbons (Fsp3) is 0.0526. The van der Waals surface area contributed by atoms with Gasteiger partial charge in [0.15, 0.2) is 27.6 Å². The molecular formula is C19H12N6O2S. The van der Waals surface area contributed by atoms with Gasteiger partial charge in [0.2, 0.25) is 6.79 Å². The highest BCUT2D eigenvalue weighted by Crippen LogP contribution is 2.32. The van der Waals surface area contributed by atoms with Crippen molar-refractivity contribution in [3.63, 3.8) is 0 Å². The van der Waals surface area contributed by atoms with Crippen LogP contribution in [0.3, 0.4) is 0 Å². The van der Waals surface area contributed by atoms with Crippen LogP contribution in [0.15, 0.2) is 53.9 Å². The first-order chi connectivity index (χ1) is 13.8. The lowest BCUT2D eigenvalue weighted by Crippen LogP contribution is -2.16. The summed E-state index contributed by atoms with van der Waals surface area (Å²) in [6.45, 7) is 0.233. The van der Waals surface area contributed by atoms with E-state index >= 15 is 0 Å². The molecule has 0 spiro atoms. The second kappa shape index (κ2) is 5.64. The fourth-order valence-corrected chi connectivity index (χ4v) is 4.30. The minimum atomic E-state index is 0.233. The number of fused-ring (bicyclic) bond motifs is 6. The zero-order valence-electron chi connectivity index (χ0n) is 14.4. The number of nitrogens with one attached hydrogen (secondary N) is 1. The molecule has 9 heteroatoms. The lowest BCUT2D eigenvalue weighted by atomic mass is 10.2. The van der Waals surface area contributed by atoms with Crippen LogP contribution in [-0.2, 0) is 0 Å². The summed E-state index contributed by atoms with van der Waals surface area (Å²) in [5, 5.41) is 12.9. The third kappa shape index (κ3) is 2.16. The van der Waals surface area contributed by atoms with Crippen molar-refractivity contribution < 1.29 is 9.47 Å². The van der Waals surface area contributed by atoms with Crippen LogP contribution >= 0.6 is 11.3 Å². The van der Waals surface area contributed by atoms with Gasteiger partial charge in [-0.15, -0.1) is 0 Å². The molecule has 1 aliphatic rings. The SMILES string of the molecule is N=c1c2sc3nc4ccccc4n3c2ncn1/N=C/c1ccc2c(c1)OCO2. The quantitative estimate of drug-likeness (QED) is 0.471. The van der Waals surface area contributed by atoms with Gasteiger partial charge in [-0.25, -0.2) is 14.6 Å². The second-order valence-electron chi connectivity index (χ2n) is 6.27. The lowest BCUT2D eigenvalue weighted by molar-refractivity contribution is 0.174. The highest BCUT2D eigenvalue weighted by molar-refractivity contribution is 7.23. The van der Waals surface area contributed by atoms with E-state index in [9.17, 15) is 0 Å². The molecule has 136 valence electrons. The number of hydrogen-bond acceptors (Lipinski definition) is 7. The van der Waals surface area contributed by atoms with E-state index in [0.29, 0.717) is 11.4 Å². The molecule has 0 bridgehead atoms. The standard InChI is InChI=1S/C19H12N6O2S/c20-17-16-18(25-13-4-2-1-3-12(13)23-19(25)28-16)21-9-24(17)22-8-11-5-6-14-15(7-11)27-10-26-14/h1-9,20H,10H2/b20-17?,22-8+. The Morgan fingerprint density at radius 1 is 1.14 bits per heavy atom. The van der Waals surface area contributed by atoms with Crippen molar-refractivity contribution in [3.05, 3.63) is 59.8 Å². The van der Waals surface area contributed by atoms with Crippen molar-refractivity contribution in [2.75, 3.05) is 6.79 Å². The number of ether oxygens (including phenoxy) is 2. The molecule has 3 aromatic heterocycles. The van der Waals surface area contributed by atoms with Crippen LogP contribution < -0.4 is 15.0 Å². The Balaban J connectivity index is 1.46. The topological polar surface area (TPSA) is 89.8 Å². The van der Waals surface area contributed by atoms with Gasteiger partial charge in [0.05, 0.1) is 17.2 Å². The van der Waals surface area contributed by atoms with Crippen LogP contribution in [0.5, 0.6) is 11.5 Å². The average molecular weight is 388 g/mol. The van der Waals surface area contributed by atoms with Crippen LogP contribution in [0.25, 0.3) is 26.3 Å². The summed E-state index contributed by atoms with van der Waals surface area (Å²) in [7, 11) is 0. The molecule has 0 saturated carbocycles. The van der Waals surface area contributed by atoms with E-state index in [1.807, 2.05) is 46.9 Å². The molecule has 2 aromatic carbocycles. The Morgan fingerprint density at radius 2 is 2.04 bits per heavy atom. The van der Waals surface area contributed by atoms with Gasteiger partial charge in [0.1, 0.15) is 11.0 Å². The zero-order valence-corrected chi connectivity index (χ0v) is 15.2. The lowest BCUT2D eigenvalue weighted by Gasteiger charge is -2.01. The minimum absolute atomic E-state index is 0.233. The van der Waals surface area contributed by atoms with E-state index in [1.165, 1.54) is 16.0 Å². The first-order valence-electron chi connectivity index (χ1n) is 8.54. The van der Waals surface area contributed by atoms with Gasteiger partial charge < -0.3 is 9.47 Å². The van der Waals surface area contributed by atoms with E-state index < -0.39 is 0 Å². The van der Waals surface area contributed by atoms with Crippen molar-refractivity contribution >= 4 is 43.9 Å². The summed E-state index contributed by atoms with van der Waals surface area (Å²) >= 11 is 1.44. The maximum Gasteiger partial charge on any atom is 0.231 e. The van der Waals surface area contributed by atoms with Crippen molar-refractivity contribution in [2.24, 2.45) is 5.10 Å². The molecular weight excluding hydrogens is 376 g/mol. The highest BCUT2D eigenvalue weighted by Gasteiger charge is 2.15. The van der Waals surface area contributed by atoms with Crippen LogP contribution in [-0.4, -0.2) is 32.1 Å². The number of rotatable bonds is 2. The molecule has 0 aliphatic carbocycles. The number of hydrogen-bond donors (Lipinski definition) is 1. The van der Waals surface area contributed by atoms with Crippen molar-refractivity contribution in [1.29, 1.82) is 5.41 Å². The number of aromatic nitrogens is 4. The number of nitrogens with zero attached hydrogens (tertiary/aromatic N) is 5. The average Bonchev–Trinajstić information content (AvgIpc) is 3.40. The van der Waals surface area contributed by atoms with Gasteiger partial charge in [-0.1, -0.05) is 23.5 Å². The van der Waals surface area contributed by atoms with Crippen molar-refractivity contribution in [2.45, 2.75) is 0 Å². The van der Waals surface area contributed by atoms with E-state index in [-0.39, 0.29) is 12.3 Å². The number of para-hydroxylation sites is 2. The predicted molar refractivity (Wildman–Crippen MR) is 105 cm³/mol. The monoisotopic (exact) mass is 388 g/mol. The maximum atomic E-state index is 8.54. The van der Waals surface area contributed by atoms with Gasteiger partial charge in [0.25, 0.3) is 0 Å². The molecule has 0 unspecified atom stereocenters. The number of imidazole rings is 1. The number of benzene rings is 2. The smallest absolute Gasteiger partial charge is 0.231 e. The molecule has 0 fully saturated rings. The Kier molecular flexibility index (Phi) is 3.09. The van der Waals surface area contributed by atoms with Crippen LogP contribution in [0.1, 0.15) is 5.56 Å². The first-order valence-corrected chi connectivity index (χ1v) is 9.35. The summed E-state index contributed by atoms with van der Waals surface area (Å²) in [5.41, 5.74) is 3.73. The highest BCUT2D eigenvalue weighted by atomic mass is 32.1. The zero-order chi connectivity index (χ0) is 18.7. The molecule has 0 saturated heterocycles. The van der Waals surface area contributed by atoms with E-state index in [2.05, 4.69) is 15.1 Å². The summed E-state index contributed by atoms with van der Waals surface area (Å²) in [6.07, 6.45) is 3.22. The van der Waals surface area contributed by atoms with Crippen molar-refractivity contribution in [3.8, 4) is 11.5 Å². The molecule has 28 heavy (non-hydrogen) atoms. The third-order valence-electron chi connectivity index (χ3n) is 4.60. The third-order valence-corrected chi connectivity index (χ3v) is 5.64. The Morgan fingerprint density at radius 3 is 3.00 bits per heavy atom. The Hall–Kier alpha value is -3.72. The minimum Gasteiger partial charge on any atom is -0.454 e. The molecule has 1 aliphatic heterocycles. The van der Waals surface area contributed by atoms with Crippen molar-refractivity contribution in [1.82, 2.24) is 19.0 Å². The first kappa shape index (κ1) is 15.3. The van der Waals surface area contributed by atoms with Crippen LogP contribution in [0, 0.1) is 5.41 Å². The summed E-state index contributed by atoms with van der Waals surface area (Å²) in [6, 6.07) is 13.5. The molecule has 0 radical (unpaired) electrons. The van der Waals surface area contributed by atoms with E-state index in [4.69, 9.17) is 14.9 Å². The number of thiazole rings is 1. The summed E-state index contributed by atoms with van der Waals surface area (Å²) in [5.74, 6) is 1.42. The Bertz CT molecular complexity index is 1480. The molecule has 0 amide bonds. The van der Waals surface area contributed by atoms with Crippen LogP contribution in [0.2, 0.25) is 0 Å². The predicted octanol–water partition coefficient (Wildman–Crippen LogP) is 2.99. The van der Waals surface area contributed by atoms with E-state index in [1.54, 1.807) is 12.5 Å². The van der Waals surface area contributed by atoms with Gasteiger partial charge in [-0.3, -0.25) is 9.81 Å². The molecule has 8 nitrogen and oxygen atoms in total. The Labute approximate surface area is 161 Å². The van der Waals surface area contributed by atoms with Crippen LogP contribution in [0.4, 0.5) is 0 Å². The van der Waals surface area contributed by atoms with Gasteiger partial charge >= 0.3 is 0 Å². The summed E-state index contributed by atoms with van der Waals surface area (Å²) < 4.78 is 14.9. The molecule has 1 N–H and O–H groups in total. The van der Waals surface area contributed by atoms with Gasteiger partial charge in [-0.05, 0) is 35.9 Å². The largest absolute Gasteiger partial charge is 0.454 e. The molecule has 5 aromatic rings. The normalized spacial score (nSPS) is 13.4. The second-order valence-corrected chi connectivity index (χ2v) is 7.25. The van der Waals surface area contributed by atoms with E-state index in [0.717, 1.165) is 32.0 Å². The summed E-state index contributed by atoms with van der Waals surface area (Å²) in [4.78, 5) is 9.99. The molecule has 6 rings (SSSR count). The van der Waals surface area contributed by atoms with Gasteiger partial charge in [0, 0.05) is 0 Å². The molecule has 0 atom stereocenters. The fourth-order valence-electron chi connectivity index (χ4n) is 3.27. The molecule has 4 heterocycles. The maximum absolute atomic E-state index is 8.54.